The molecule has 0 N–H and O–H groups in total. The zero-order valence-electron chi connectivity index (χ0n) is 16.9. The number of aliphatic imine (C=N–C) groups is 2. The van der Waals surface area contributed by atoms with Crippen LogP contribution < -0.4 is 0 Å². The number of hydrogen-bond acceptors (Lipinski definition) is 6. The van der Waals surface area contributed by atoms with Crippen LogP contribution in [0, 0.1) is 0 Å². The standard InChI is InChI=1S/2C12H11NS2.Pd/c2*1-9(12-7-4-8-15-12)13-10-5-2-3-6-11(10)14;/h2*2-8,14H,1H3;/q;;+2/p-2. The molecule has 0 bridgehead atoms. The smallest absolute Gasteiger partial charge is 0.778 e. The molecule has 0 amide bonds. The van der Waals surface area contributed by atoms with Crippen LogP contribution >= 0.6 is 22.7 Å². The largest absolute Gasteiger partial charge is 2.00 e. The molecule has 4 rings (SSSR count). The predicted octanol–water partition coefficient (Wildman–Crippen LogP) is 7.59. The van der Waals surface area contributed by atoms with Gasteiger partial charge >= 0.3 is 20.4 Å². The van der Waals surface area contributed by atoms with E-state index in [2.05, 4.69) is 22.1 Å². The van der Waals surface area contributed by atoms with E-state index < -0.39 is 0 Å². The summed E-state index contributed by atoms with van der Waals surface area (Å²) in [6, 6.07) is 23.6. The quantitative estimate of drug-likeness (QED) is 0.143. The molecule has 0 atom stereocenters. The second-order valence-corrected chi connectivity index (χ2v) is 9.06. The first-order valence-electron chi connectivity index (χ1n) is 9.25. The van der Waals surface area contributed by atoms with Gasteiger partial charge < -0.3 is 25.3 Å². The molecular formula is C24H20N2PdS4. The summed E-state index contributed by atoms with van der Waals surface area (Å²) in [5, 5.41) is 4.10. The summed E-state index contributed by atoms with van der Waals surface area (Å²) in [5.41, 5.74) is 3.78. The minimum Gasteiger partial charge on any atom is -0.778 e. The van der Waals surface area contributed by atoms with Gasteiger partial charge in [0.05, 0.1) is 11.4 Å². The molecule has 160 valence electrons. The first-order chi connectivity index (χ1) is 14.5. The van der Waals surface area contributed by atoms with Crippen molar-refractivity contribution >= 4 is 70.7 Å². The number of nitrogens with zero attached hydrogens (tertiary/aromatic N) is 2. The zero-order chi connectivity index (χ0) is 21.3. The minimum absolute atomic E-state index is 0. The molecule has 2 aromatic carbocycles. The second-order valence-electron chi connectivity index (χ2n) is 6.28. The fourth-order valence-corrected chi connectivity index (χ4v) is 4.28. The van der Waals surface area contributed by atoms with Gasteiger partial charge in [-0.25, -0.2) is 0 Å². The molecule has 0 radical (unpaired) electrons. The molecule has 0 aliphatic carbocycles. The molecule has 0 unspecified atom stereocenters. The molecule has 0 aliphatic rings. The monoisotopic (exact) mass is 570 g/mol. The Morgan fingerprint density at radius 1 is 0.613 bits per heavy atom. The number of benzene rings is 2. The average Bonchev–Trinajstić information content (AvgIpc) is 3.46. The summed E-state index contributed by atoms with van der Waals surface area (Å²) >= 11 is 13.8. The van der Waals surface area contributed by atoms with Gasteiger partial charge in [0.25, 0.3) is 0 Å². The zero-order valence-corrected chi connectivity index (χ0v) is 21.7. The van der Waals surface area contributed by atoms with Gasteiger partial charge in [0, 0.05) is 21.1 Å². The van der Waals surface area contributed by atoms with Crippen LogP contribution in [-0.4, -0.2) is 11.4 Å². The third kappa shape index (κ3) is 7.73. The fraction of sp³-hybridized carbons (Fsp3) is 0.0833. The first kappa shape index (κ1) is 25.5. The molecule has 0 fully saturated rings. The fourth-order valence-electron chi connectivity index (χ4n) is 2.54. The van der Waals surface area contributed by atoms with Crippen LogP contribution in [0.4, 0.5) is 11.4 Å². The van der Waals surface area contributed by atoms with Crippen LogP contribution in [0.3, 0.4) is 0 Å². The van der Waals surface area contributed by atoms with Crippen LogP contribution in [0.1, 0.15) is 23.6 Å². The summed E-state index contributed by atoms with van der Waals surface area (Å²) in [6.07, 6.45) is 0. The van der Waals surface area contributed by atoms with Crippen molar-refractivity contribution in [3.63, 3.8) is 0 Å². The van der Waals surface area contributed by atoms with Gasteiger partial charge in [0.1, 0.15) is 0 Å². The summed E-state index contributed by atoms with van der Waals surface area (Å²) in [4.78, 5) is 13.0. The molecule has 2 aromatic heterocycles. The van der Waals surface area contributed by atoms with Crippen LogP contribution in [0.15, 0.2) is 103 Å². The van der Waals surface area contributed by atoms with Crippen molar-refractivity contribution < 1.29 is 20.4 Å². The van der Waals surface area contributed by atoms with E-state index in [0.29, 0.717) is 0 Å². The van der Waals surface area contributed by atoms with Crippen molar-refractivity contribution in [3.05, 3.63) is 93.3 Å². The van der Waals surface area contributed by atoms with Gasteiger partial charge in [0.15, 0.2) is 0 Å². The van der Waals surface area contributed by atoms with E-state index in [0.717, 1.165) is 32.6 Å². The van der Waals surface area contributed by atoms with Crippen molar-refractivity contribution in [1.29, 1.82) is 0 Å². The number of hydrogen-bond donors (Lipinski definition) is 0. The Balaban J connectivity index is 0.000000213. The van der Waals surface area contributed by atoms with Crippen LogP contribution in [-0.2, 0) is 45.7 Å². The van der Waals surface area contributed by atoms with Crippen LogP contribution in [0.2, 0.25) is 0 Å². The van der Waals surface area contributed by atoms with E-state index in [-0.39, 0.29) is 20.4 Å². The Morgan fingerprint density at radius 2 is 1.00 bits per heavy atom. The van der Waals surface area contributed by atoms with Crippen molar-refractivity contribution in [3.8, 4) is 0 Å². The Bertz CT molecular complexity index is 1040. The summed E-state index contributed by atoms with van der Waals surface area (Å²) in [7, 11) is 0. The Labute approximate surface area is 216 Å². The SMILES string of the molecule is CC(=Nc1ccccc1[S-])c1cccs1.CC(=Nc1ccccc1[S-])c1cccs1.[Pd+2]. The maximum Gasteiger partial charge on any atom is 2.00 e. The van der Waals surface area contributed by atoms with E-state index in [1.165, 1.54) is 9.75 Å². The molecule has 2 nitrogen and oxygen atoms in total. The topological polar surface area (TPSA) is 24.7 Å². The molecule has 7 heteroatoms. The van der Waals surface area contributed by atoms with Crippen molar-refractivity contribution in [2.75, 3.05) is 0 Å². The van der Waals surface area contributed by atoms with E-state index in [1.807, 2.05) is 85.3 Å². The van der Waals surface area contributed by atoms with Crippen molar-refractivity contribution in [2.45, 2.75) is 23.6 Å². The van der Waals surface area contributed by atoms with Gasteiger partial charge in [-0.1, -0.05) is 48.5 Å². The van der Waals surface area contributed by atoms with Gasteiger partial charge in [-0.05, 0) is 48.9 Å². The van der Waals surface area contributed by atoms with Crippen molar-refractivity contribution in [1.82, 2.24) is 0 Å². The van der Waals surface area contributed by atoms with Crippen LogP contribution in [0.25, 0.3) is 0 Å². The maximum absolute atomic E-state index is 5.20. The van der Waals surface area contributed by atoms with Gasteiger partial charge in [-0.15, -0.1) is 32.5 Å². The van der Waals surface area contributed by atoms with Crippen LogP contribution in [0.5, 0.6) is 0 Å². The molecule has 2 heterocycles. The second kappa shape index (κ2) is 13.0. The molecule has 0 saturated heterocycles. The molecular weight excluding hydrogens is 551 g/mol. The molecule has 31 heavy (non-hydrogen) atoms. The summed E-state index contributed by atoms with van der Waals surface area (Å²) in [5.74, 6) is 0. The van der Waals surface area contributed by atoms with Crippen molar-refractivity contribution in [2.24, 2.45) is 9.98 Å². The van der Waals surface area contributed by atoms with Gasteiger partial charge in [-0.2, -0.15) is 0 Å². The maximum atomic E-state index is 5.20. The third-order valence-electron chi connectivity index (χ3n) is 4.06. The molecule has 0 aliphatic heterocycles. The Morgan fingerprint density at radius 3 is 1.32 bits per heavy atom. The Hall–Kier alpha value is -1.72. The van der Waals surface area contributed by atoms with Gasteiger partial charge in [-0.3, -0.25) is 9.98 Å². The molecule has 0 spiro atoms. The number of para-hydroxylation sites is 2. The molecule has 4 aromatic rings. The average molecular weight is 571 g/mol. The number of rotatable bonds is 4. The number of thiophene rings is 2. The van der Waals surface area contributed by atoms with E-state index in [1.54, 1.807) is 22.7 Å². The van der Waals surface area contributed by atoms with E-state index in [4.69, 9.17) is 25.3 Å². The minimum atomic E-state index is 0. The summed E-state index contributed by atoms with van der Waals surface area (Å²) in [6.45, 7) is 4.02. The Kier molecular flexibility index (Phi) is 10.7. The normalized spacial score (nSPS) is 11.3. The van der Waals surface area contributed by atoms with E-state index >= 15 is 0 Å². The molecule has 0 saturated carbocycles. The third-order valence-corrected chi connectivity index (χ3v) is 6.71. The van der Waals surface area contributed by atoms with Gasteiger partial charge in [0.2, 0.25) is 0 Å². The predicted molar refractivity (Wildman–Crippen MR) is 137 cm³/mol. The van der Waals surface area contributed by atoms with E-state index in [9.17, 15) is 0 Å². The summed E-state index contributed by atoms with van der Waals surface area (Å²) < 4.78 is 0. The first-order valence-corrected chi connectivity index (χ1v) is 11.8.